The smallest absolute Gasteiger partial charge is 0.224 e. The Morgan fingerprint density at radius 3 is 1.57 bits per heavy atom. The fraction of sp³-hybridized carbons (Fsp3) is 0.319. The van der Waals surface area contributed by atoms with E-state index in [-0.39, 0.29) is 18.0 Å². The molecule has 13 nitrogen and oxygen atoms in total. The van der Waals surface area contributed by atoms with Crippen molar-refractivity contribution in [3.05, 3.63) is 110 Å². The summed E-state index contributed by atoms with van der Waals surface area (Å²) in [6, 6.07) is 11.1. The Hall–Kier alpha value is -3.84. The first-order valence-electron chi connectivity index (χ1n) is 20.9. The molecule has 0 saturated heterocycles. The van der Waals surface area contributed by atoms with E-state index in [0.29, 0.717) is 71.3 Å². The van der Waals surface area contributed by atoms with Crippen LogP contribution < -0.4 is 21.7 Å². The summed E-state index contributed by atoms with van der Waals surface area (Å²) in [7, 11) is -8.07. The minimum Gasteiger partial charge on any atom is -0.398 e. The Bertz CT molecular complexity index is 2930. The van der Waals surface area contributed by atoms with E-state index in [1.807, 2.05) is 30.3 Å². The van der Waals surface area contributed by atoms with Crippen molar-refractivity contribution in [2.75, 3.05) is 44.3 Å². The molecule has 0 aliphatic rings. The predicted molar refractivity (Wildman–Crippen MR) is 304 cm³/mol. The summed E-state index contributed by atoms with van der Waals surface area (Å²) in [5.41, 5.74) is 18.1. The largest absolute Gasteiger partial charge is 0.398 e. The highest BCUT2D eigenvalue weighted by molar-refractivity contribution is 9.11. The number of nitrogens with one attached hydrogen (secondary N) is 1. The van der Waals surface area contributed by atoms with Crippen LogP contribution in [-0.4, -0.2) is 94.4 Å². The number of hydrogen-bond acceptors (Lipinski definition) is 13. The van der Waals surface area contributed by atoms with Crippen LogP contribution in [0.25, 0.3) is 22.5 Å². The number of unbranched alkanes of at least 4 members (excludes halogenated alkanes) is 1. The molecule has 4 heterocycles. The molecule has 4 N–H and O–H groups in total. The molecule has 0 radical (unpaired) electrons. The third kappa shape index (κ3) is 22.0. The SMILES string of the molecule is C.CCCCO.C[Si](C)(C)C#Cc1cncc(-c2ccc(N)c(P(C)(C)=O)c2)n1.C[Si](C)(C)C#Cc1cncc(-c2ccc(Nc3nc(Cl)ncc3Br)c(P(C)(C)=O)c2)n1.Clc1ncc(Br)c(Cl)n1. The van der Waals surface area contributed by atoms with E-state index in [2.05, 4.69) is 146 Å². The number of aromatic nitrogens is 8. The number of aliphatic hydroxyl groups excluding tert-OH is 1. The van der Waals surface area contributed by atoms with Crippen molar-refractivity contribution in [2.45, 2.75) is 66.5 Å². The van der Waals surface area contributed by atoms with Crippen LogP contribution in [0.3, 0.4) is 0 Å². The van der Waals surface area contributed by atoms with E-state index in [4.69, 9.17) is 45.6 Å². The van der Waals surface area contributed by atoms with Gasteiger partial charge in [0, 0.05) is 46.4 Å². The molecule has 0 unspecified atom stereocenters. The summed E-state index contributed by atoms with van der Waals surface area (Å²) in [6.07, 6.45) is 11.8. The minimum absolute atomic E-state index is 0. The number of hydrogen-bond donors (Lipinski definition) is 3. The molecule has 0 aliphatic carbocycles. The zero-order chi connectivity index (χ0) is 51.0. The molecule has 22 heteroatoms. The quantitative estimate of drug-likeness (QED) is 0.0325. The van der Waals surface area contributed by atoms with Crippen molar-refractivity contribution >= 4 is 125 Å². The van der Waals surface area contributed by atoms with Crippen molar-refractivity contribution in [2.24, 2.45) is 0 Å². The van der Waals surface area contributed by atoms with Crippen LogP contribution in [0.1, 0.15) is 38.6 Å². The van der Waals surface area contributed by atoms with Crippen molar-refractivity contribution in [1.82, 2.24) is 39.9 Å². The molecule has 0 spiro atoms. The number of nitrogens with zero attached hydrogens (tertiary/aromatic N) is 8. The molecule has 2 aromatic carbocycles. The van der Waals surface area contributed by atoms with Crippen LogP contribution in [0.2, 0.25) is 55.0 Å². The van der Waals surface area contributed by atoms with Gasteiger partial charge in [-0.2, -0.15) is 4.98 Å². The molecule has 368 valence electrons. The van der Waals surface area contributed by atoms with Crippen molar-refractivity contribution in [3.63, 3.8) is 0 Å². The van der Waals surface area contributed by atoms with Crippen LogP contribution in [-0.2, 0) is 9.13 Å². The third-order valence-electron chi connectivity index (χ3n) is 8.33. The molecular weight excluding hydrogens is 1140 g/mol. The van der Waals surface area contributed by atoms with Gasteiger partial charge in [0.1, 0.15) is 52.8 Å². The van der Waals surface area contributed by atoms with Crippen LogP contribution in [0.15, 0.2) is 82.5 Å². The molecule has 0 bridgehead atoms. The second-order valence-electron chi connectivity index (χ2n) is 17.6. The highest BCUT2D eigenvalue weighted by atomic mass is 79.9. The number of benzene rings is 2. The number of aliphatic hydroxyl groups is 1. The molecule has 4 aromatic heterocycles. The normalized spacial score (nSPS) is 11.0. The Morgan fingerprint density at radius 2 is 1.14 bits per heavy atom. The van der Waals surface area contributed by atoms with Crippen LogP contribution in [0.5, 0.6) is 0 Å². The number of rotatable bonds is 8. The van der Waals surface area contributed by atoms with Gasteiger partial charge in [0.05, 0.1) is 50.8 Å². The first-order chi connectivity index (χ1) is 31.6. The van der Waals surface area contributed by atoms with Gasteiger partial charge in [-0.1, -0.05) is 95.6 Å². The zero-order valence-corrected chi connectivity index (χ0v) is 49.0. The maximum atomic E-state index is 13.1. The fourth-order valence-corrected chi connectivity index (χ4v) is 9.32. The van der Waals surface area contributed by atoms with Gasteiger partial charge in [-0.05, 0) is 112 Å². The zero-order valence-electron chi connectivity index (χ0n) is 39.8. The number of nitrogens with two attached hydrogens (primary N) is 1. The van der Waals surface area contributed by atoms with Gasteiger partial charge in [-0.15, -0.1) is 11.1 Å². The third-order valence-corrected chi connectivity index (χ3v) is 15.2. The van der Waals surface area contributed by atoms with E-state index in [1.54, 1.807) is 63.7 Å². The Labute approximate surface area is 441 Å². The lowest BCUT2D eigenvalue weighted by atomic mass is 10.1. The molecule has 0 aliphatic heterocycles. The van der Waals surface area contributed by atoms with E-state index >= 15 is 0 Å². The molecule has 0 amide bonds. The van der Waals surface area contributed by atoms with Gasteiger partial charge in [0.25, 0.3) is 0 Å². The topological polar surface area (TPSA) is 196 Å². The molecule has 0 saturated carbocycles. The molecular formula is C47H59Br2Cl3N10O3P2Si2. The van der Waals surface area contributed by atoms with Gasteiger partial charge in [0.15, 0.2) is 0 Å². The highest BCUT2D eigenvalue weighted by Crippen LogP contribution is 2.41. The van der Waals surface area contributed by atoms with Crippen LogP contribution >= 0.6 is 80.9 Å². The number of halogens is 5. The molecule has 69 heavy (non-hydrogen) atoms. The van der Waals surface area contributed by atoms with Gasteiger partial charge in [-0.25, -0.2) is 24.9 Å². The van der Waals surface area contributed by atoms with Crippen LogP contribution in [0, 0.1) is 22.9 Å². The maximum Gasteiger partial charge on any atom is 0.224 e. The van der Waals surface area contributed by atoms with E-state index in [1.165, 1.54) is 6.20 Å². The first kappa shape index (κ1) is 61.3. The van der Waals surface area contributed by atoms with Crippen molar-refractivity contribution < 1.29 is 14.2 Å². The van der Waals surface area contributed by atoms with E-state index in [0.717, 1.165) is 24.0 Å². The summed E-state index contributed by atoms with van der Waals surface area (Å²) in [5, 5.41) is 13.2. The molecule has 6 rings (SSSR count). The maximum absolute atomic E-state index is 13.1. The minimum atomic E-state index is -2.64. The summed E-state index contributed by atoms with van der Waals surface area (Å²) < 4.78 is 26.7. The second kappa shape index (κ2) is 27.7. The summed E-state index contributed by atoms with van der Waals surface area (Å²) in [5.74, 6) is 6.74. The summed E-state index contributed by atoms with van der Waals surface area (Å²) in [6.45, 7) is 22.4. The molecule has 6 aromatic rings. The van der Waals surface area contributed by atoms with Gasteiger partial charge >= 0.3 is 0 Å². The lowest BCUT2D eigenvalue weighted by Crippen LogP contribution is -2.16. The van der Waals surface area contributed by atoms with Crippen molar-refractivity contribution in [3.8, 4) is 45.4 Å². The predicted octanol–water partition coefficient (Wildman–Crippen LogP) is 12.7. The molecule has 0 fully saturated rings. The first-order valence-corrected chi connectivity index (χ1v) is 35.8. The fourth-order valence-electron chi connectivity index (χ4n) is 5.09. The monoisotopic (exact) mass is 1190 g/mol. The number of nitrogen functional groups attached to an aromatic ring is 1. The van der Waals surface area contributed by atoms with Gasteiger partial charge in [-0.3, -0.25) is 9.97 Å². The lowest BCUT2D eigenvalue weighted by Gasteiger charge is -2.17. The number of anilines is 3. The average Bonchev–Trinajstić information content (AvgIpc) is 3.25. The summed E-state index contributed by atoms with van der Waals surface area (Å²) in [4.78, 5) is 33.2. The Morgan fingerprint density at radius 1 is 0.681 bits per heavy atom. The highest BCUT2D eigenvalue weighted by Gasteiger charge is 2.20. The Kier molecular flexibility index (Phi) is 24.6. The lowest BCUT2D eigenvalue weighted by molar-refractivity contribution is 0.287. The van der Waals surface area contributed by atoms with Gasteiger partial charge in [0.2, 0.25) is 10.6 Å². The van der Waals surface area contributed by atoms with Crippen molar-refractivity contribution in [1.29, 1.82) is 0 Å². The Balaban J connectivity index is 0.000000374. The standard InChI is InChI=1S/C21H22BrClN5OPSi.C17H22N3OPSi.C4HBrCl2N2.C4H10O.CH4/c1-30(2,29)19-10-14(18-13-24-11-15(26-18)8-9-31(3,4)5)6-7-17(19)27-20-16(22)12-25-21(23)28-20;1-22(2,21)17-10-13(6-7-15(17)18)16-12-19-11-14(20-16)8-9-23(3,4)5;5-2-1-8-4(7)9-3(2)6;1-2-3-4-5;/h6-7,10-13H,1-5H3,(H,25,27,28);6-7,10-12H,18H2,1-5H3;1H;5H,2-4H2,1H3;1H4. The van der Waals surface area contributed by atoms with E-state index in [9.17, 15) is 9.13 Å². The van der Waals surface area contributed by atoms with E-state index < -0.39 is 30.4 Å². The summed E-state index contributed by atoms with van der Waals surface area (Å²) >= 11 is 23.4. The average molecular weight is 1200 g/mol. The molecule has 0 atom stereocenters. The van der Waals surface area contributed by atoms with Crippen LogP contribution in [0.4, 0.5) is 17.2 Å². The van der Waals surface area contributed by atoms with Gasteiger partial charge < -0.3 is 25.3 Å². The second-order valence-corrected chi connectivity index (χ2v) is 36.2.